The number of methoxy groups -OCH3 is 1. The molecule has 0 aliphatic rings. The molecular formula is C29H42O8. The molecule has 0 unspecified atom stereocenters. The van der Waals surface area contributed by atoms with Gasteiger partial charge in [-0.15, -0.1) is 0 Å². The zero-order chi connectivity index (χ0) is 29.6. The first-order valence-corrected chi connectivity index (χ1v) is 11.3. The smallest absolute Gasteiger partial charge is 0.332 e. The average molecular weight is 519 g/mol. The monoisotopic (exact) mass is 518 g/mol. The number of unbranched alkanes of at least 4 members (excludes halogenated alkanes) is 1. The maximum atomic E-state index is 10.3. The van der Waals surface area contributed by atoms with Gasteiger partial charge in [-0.1, -0.05) is 82.6 Å². The standard InChI is InChI=1S/C8H8.C7H12O2.2C5H8O2.C4H6O2/c1-2-8-6-4-3-5-7-8;1-3-5-6-9-7(8)4-2;1-4(2)5(6)7-3;1-3-5(6)7-4-2;1-3(2)4(5)6/h2-7H,1H2;4H,2-3,5-6H2,1H3;1H2,2-3H3;3H,1,4H2,2H3;1H2,2H3,(H,5,6). The van der Waals surface area contributed by atoms with Gasteiger partial charge >= 0.3 is 23.9 Å². The van der Waals surface area contributed by atoms with E-state index in [1.54, 1.807) is 13.8 Å². The first kappa shape index (κ1) is 40.0. The molecule has 1 rings (SSSR count). The lowest BCUT2D eigenvalue weighted by Crippen LogP contribution is -2.00. The van der Waals surface area contributed by atoms with Gasteiger partial charge in [0.05, 0.1) is 20.3 Å². The van der Waals surface area contributed by atoms with Gasteiger partial charge in [-0.05, 0) is 32.8 Å². The van der Waals surface area contributed by atoms with Crippen LogP contribution >= 0.6 is 0 Å². The van der Waals surface area contributed by atoms with Crippen molar-refractivity contribution in [3.05, 3.63) is 92.1 Å². The maximum absolute atomic E-state index is 10.3. The number of rotatable bonds is 9. The van der Waals surface area contributed by atoms with Crippen molar-refractivity contribution in [2.45, 2.75) is 40.5 Å². The van der Waals surface area contributed by atoms with Gasteiger partial charge in [-0.2, -0.15) is 0 Å². The van der Waals surface area contributed by atoms with E-state index in [-0.39, 0.29) is 23.5 Å². The van der Waals surface area contributed by atoms with E-state index in [9.17, 15) is 19.2 Å². The van der Waals surface area contributed by atoms with Crippen LogP contribution in [0, 0.1) is 0 Å². The summed E-state index contributed by atoms with van der Waals surface area (Å²) in [5.74, 6) is -1.97. The van der Waals surface area contributed by atoms with E-state index in [1.165, 1.54) is 25.7 Å². The molecule has 0 spiro atoms. The summed E-state index contributed by atoms with van der Waals surface area (Å²) in [6, 6.07) is 10.0. The number of esters is 3. The summed E-state index contributed by atoms with van der Waals surface area (Å²) < 4.78 is 13.4. The highest BCUT2D eigenvalue weighted by atomic mass is 16.5. The topological polar surface area (TPSA) is 116 Å². The zero-order valence-corrected chi connectivity index (χ0v) is 22.8. The number of hydrogen-bond donors (Lipinski definition) is 1. The second-order valence-electron chi connectivity index (χ2n) is 6.65. The summed E-state index contributed by atoms with van der Waals surface area (Å²) in [5.41, 5.74) is 1.78. The van der Waals surface area contributed by atoms with Gasteiger partial charge in [-0.25, -0.2) is 19.2 Å². The van der Waals surface area contributed by atoms with Crippen molar-refractivity contribution in [2.75, 3.05) is 20.3 Å². The first-order valence-electron chi connectivity index (χ1n) is 11.3. The molecule has 0 radical (unpaired) electrons. The molecule has 0 amide bonds. The van der Waals surface area contributed by atoms with Crippen LogP contribution in [0.4, 0.5) is 0 Å². The molecule has 1 N–H and O–H groups in total. The van der Waals surface area contributed by atoms with Crippen molar-refractivity contribution in [1.29, 1.82) is 0 Å². The molecule has 0 bridgehead atoms. The summed E-state index contributed by atoms with van der Waals surface area (Å²) in [4.78, 5) is 40.2. The molecule has 1 aromatic carbocycles. The Balaban J connectivity index is -0.000000185. The van der Waals surface area contributed by atoms with E-state index in [2.05, 4.69) is 47.1 Å². The molecule has 0 aliphatic heterocycles. The molecule has 0 saturated heterocycles. The van der Waals surface area contributed by atoms with Crippen LogP contribution in [0.1, 0.15) is 46.1 Å². The highest BCUT2D eigenvalue weighted by Crippen LogP contribution is 1.97. The van der Waals surface area contributed by atoms with E-state index in [0.717, 1.165) is 18.9 Å². The van der Waals surface area contributed by atoms with Gasteiger partial charge in [0.25, 0.3) is 0 Å². The van der Waals surface area contributed by atoms with Crippen molar-refractivity contribution in [3.63, 3.8) is 0 Å². The molecule has 0 atom stereocenters. The van der Waals surface area contributed by atoms with Gasteiger partial charge in [-0.3, -0.25) is 0 Å². The molecule has 1 aromatic rings. The number of hydrogen-bond acceptors (Lipinski definition) is 7. The van der Waals surface area contributed by atoms with Crippen LogP contribution in [-0.2, 0) is 33.4 Å². The Kier molecular flexibility index (Phi) is 32.2. The Labute approximate surface area is 221 Å². The van der Waals surface area contributed by atoms with Crippen LogP contribution in [0.5, 0.6) is 0 Å². The summed E-state index contributed by atoms with van der Waals surface area (Å²) in [5, 5.41) is 7.89. The number of benzene rings is 1. The van der Waals surface area contributed by atoms with Crippen molar-refractivity contribution in [3.8, 4) is 0 Å². The Hall–Kier alpha value is -4.20. The van der Waals surface area contributed by atoms with E-state index >= 15 is 0 Å². The summed E-state index contributed by atoms with van der Waals surface area (Å²) in [7, 11) is 1.33. The quantitative estimate of drug-likeness (QED) is 0.184. The number of carboxylic acid groups (broad SMARTS) is 1. The number of ether oxygens (including phenoxy) is 3. The van der Waals surface area contributed by atoms with Crippen molar-refractivity contribution in [2.24, 2.45) is 0 Å². The lowest BCUT2D eigenvalue weighted by molar-refractivity contribution is -0.138. The van der Waals surface area contributed by atoms with Crippen molar-refractivity contribution < 1.29 is 38.5 Å². The molecule has 0 aliphatic carbocycles. The van der Waals surface area contributed by atoms with E-state index in [1.807, 2.05) is 43.3 Å². The SMILES string of the molecule is C=C(C)C(=O)O.C=C(C)C(=O)OC.C=CC(=O)OCC.C=CC(=O)OCCCC.C=Cc1ccccc1. The molecule has 0 heterocycles. The van der Waals surface area contributed by atoms with Gasteiger partial charge < -0.3 is 19.3 Å². The highest BCUT2D eigenvalue weighted by Gasteiger charge is 1.95. The third-order valence-corrected chi connectivity index (χ3v) is 3.30. The summed E-state index contributed by atoms with van der Waals surface area (Å²) in [6.07, 6.45) is 6.13. The lowest BCUT2D eigenvalue weighted by atomic mass is 10.2. The van der Waals surface area contributed by atoms with Crippen LogP contribution in [0.2, 0.25) is 0 Å². The Morgan fingerprint density at radius 2 is 1.32 bits per heavy atom. The number of carbonyl (C=O) groups is 4. The number of aliphatic carboxylic acids is 1. The highest BCUT2D eigenvalue weighted by molar-refractivity contribution is 5.86. The fraction of sp³-hybridized carbons (Fsp3) is 0.310. The predicted octanol–water partition coefficient (Wildman–Crippen LogP) is 5.96. The van der Waals surface area contributed by atoms with Gasteiger partial charge in [0.2, 0.25) is 0 Å². The van der Waals surface area contributed by atoms with Crippen molar-refractivity contribution >= 4 is 30.0 Å². The minimum Gasteiger partial charge on any atom is -0.478 e. The normalized spacial score (nSPS) is 8.03. The third-order valence-electron chi connectivity index (χ3n) is 3.30. The minimum absolute atomic E-state index is 0.176. The summed E-state index contributed by atoms with van der Waals surface area (Å²) >= 11 is 0. The van der Waals surface area contributed by atoms with Gasteiger partial charge in [0, 0.05) is 23.3 Å². The van der Waals surface area contributed by atoms with Crippen molar-refractivity contribution in [1.82, 2.24) is 0 Å². The maximum Gasteiger partial charge on any atom is 0.332 e. The van der Waals surface area contributed by atoms with Crippen LogP contribution in [-0.4, -0.2) is 49.3 Å². The second-order valence-corrected chi connectivity index (χ2v) is 6.65. The van der Waals surface area contributed by atoms with Gasteiger partial charge in [0.15, 0.2) is 0 Å². The Bertz CT molecular complexity index is 825. The van der Waals surface area contributed by atoms with Gasteiger partial charge in [0.1, 0.15) is 0 Å². The Morgan fingerprint density at radius 3 is 1.54 bits per heavy atom. The predicted molar refractivity (Wildman–Crippen MR) is 149 cm³/mol. The molecular weight excluding hydrogens is 476 g/mol. The first-order chi connectivity index (χ1) is 17.4. The van der Waals surface area contributed by atoms with E-state index < -0.39 is 5.97 Å². The molecule has 8 heteroatoms. The fourth-order valence-corrected chi connectivity index (χ4v) is 1.34. The van der Waals surface area contributed by atoms with Crippen LogP contribution in [0.3, 0.4) is 0 Å². The average Bonchev–Trinajstić information content (AvgIpc) is 2.90. The van der Waals surface area contributed by atoms with E-state index in [4.69, 9.17) is 5.11 Å². The summed E-state index contributed by atoms with van der Waals surface area (Å²) in [6.45, 7) is 24.4. The number of carbonyl (C=O) groups excluding carboxylic acids is 3. The molecule has 37 heavy (non-hydrogen) atoms. The molecule has 0 aromatic heterocycles. The van der Waals surface area contributed by atoms with Crippen LogP contribution in [0.25, 0.3) is 6.08 Å². The Morgan fingerprint density at radius 1 is 0.865 bits per heavy atom. The van der Waals surface area contributed by atoms with E-state index in [0.29, 0.717) is 18.8 Å². The zero-order valence-electron chi connectivity index (χ0n) is 22.8. The third kappa shape index (κ3) is 36.5. The van der Waals surface area contributed by atoms with Crippen LogP contribution in [0.15, 0.2) is 86.5 Å². The second kappa shape index (κ2) is 29.8. The van der Waals surface area contributed by atoms with Crippen LogP contribution < -0.4 is 0 Å². The fourth-order valence-electron chi connectivity index (χ4n) is 1.34. The molecule has 0 saturated carbocycles. The lowest BCUT2D eigenvalue weighted by Gasteiger charge is -1.97. The number of carboxylic acids is 1. The largest absolute Gasteiger partial charge is 0.478 e. The molecule has 8 nitrogen and oxygen atoms in total. The molecule has 0 fully saturated rings. The minimum atomic E-state index is -0.935. The molecule has 206 valence electrons.